The van der Waals surface area contributed by atoms with Crippen molar-refractivity contribution in [3.05, 3.63) is 57.1 Å². The zero-order valence-electron chi connectivity index (χ0n) is 21.4. The van der Waals surface area contributed by atoms with Gasteiger partial charge in [-0.1, -0.05) is 29.3 Å². The lowest BCUT2D eigenvalue weighted by atomic mass is 9.97. The lowest BCUT2D eigenvalue weighted by Gasteiger charge is -2.42. The maximum absolute atomic E-state index is 13.3. The number of piperidine rings is 2. The predicted molar refractivity (Wildman–Crippen MR) is 147 cm³/mol. The van der Waals surface area contributed by atoms with E-state index in [1.165, 1.54) is 12.6 Å². The monoisotopic (exact) mass is 567 g/mol. The van der Waals surface area contributed by atoms with E-state index in [-0.39, 0.29) is 11.9 Å². The summed E-state index contributed by atoms with van der Waals surface area (Å²) in [6.07, 6.45) is 8.75. The SMILES string of the molecule is Cc1c(CCCc2ccc(Cl)c(Cl)c2)ncnc1C(=O)N1CCC(N2CCC[C@H](NS(C)(=O)=O)C2)CC1. The zero-order valence-corrected chi connectivity index (χ0v) is 23.7. The fourth-order valence-electron chi connectivity index (χ4n) is 5.43. The average molecular weight is 569 g/mol. The minimum absolute atomic E-state index is 0.0396. The molecule has 202 valence electrons. The third-order valence-electron chi connectivity index (χ3n) is 7.36. The van der Waals surface area contributed by atoms with Crippen LogP contribution in [-0.4, -0.2) is 78.6 Å². The minimum Gasteiger partial charge on any atom is -0.337 e. The summed E-state index contributed by atoms with van der Waals surface area (Å²) >= 11 is 12.1. The fraction of sp³-hybridized carbons (Fsp3) is 0.577. The number of halogens is 2. The Kier molecular flexibility index (Phi) is 9.45. The number of carbonyl (C=O) groups is 1. The van der Waals surface area contributed by atoms with E-state index >= 15 is 0 Å². The van der Waals surface area contributed by atoms with Crippen LogP contribution in [0, 0.1) is 6.92 Å². The Bertz CT molecular complexity index is 1220. The molecule has 1 aromatic carbocycles. The lowest BCUT2D eigenvalue weighted by Crippen LogP contribution is -2.53. The largest absolute Gasteiger partial charge is 0.337 e. The molecule has 8 nitrogen and oxygen atoms in total. The number of aromatic nitrogens is 2. The molecule has 11 heteroatoms. The highest BCUT2D eigenvalue weighted by Crippen LogP contribution is 2.25. The maximum atomic E-state index is 13.3. The standard InChI is InChI=1S/C26H35Cl2N5O3S/c1-18-24(7-3-5-19-8-9-22(27)23(28)15-19)29-17-30-25(18)26(34)32-13-10-21(11-14-32)33-12-4-6-20(16-33)31-37(2,35)36/h8-9,15,17,20-21,31H,3-7,10-14,16H2,1-2H3/t20-/m0/s1. The fourth-order valence-corrected chi connectivity index (χ4v) is 6.55. The molecule has 2 fully saturated rings. The van der Waals surface area contributed by atoms with E-state index in [9.17, 15) is 13.2 Å². The molecule has 4 rings (SSSR count). The van der Waals surface area contributed by atoms with Crippen LogP contribution in [0.5, 0.6) is 0 Å². The highest BCUT2D eigenvalue weighted by atomic mass is 35.5. The average Bonchev–Trinajstić information content (AvgIpc) is 2.86. The summed E-state index contributed by atoms with van der Waals surface area (Å²) < 4.78 is 26.0. The first kappa shape index (κ1) is 28.2. The van der Waals surface area contributed by atoms with Gasteiger partial charge in [-0.15, -0.1) is 0 Å². The van der Waals surface area contributed by atoms with Crippen molar-refractivity contribution in [1.29, 1.82) is 0 Å². The number of nitrogens with zero attached hydrogens (tertiary/aromatic N) is 4. The van der Waals surface area contributed by atoms with Crippen molar-refractivity contribution in [3.8, 4) is 0 Å². The van der Waals surface area contributed by atoms with Gasteiger partial charge in [0.05, 0.1) is 16.3 Å². The molecular formula is C26H35Cl2N5O3S. The van der Waals surface area contributed by atoms with Crippen molar-refractivity contribution >= 4 is 39.1 Å². The normalized spacial score (nSPS) is 19.8. The summed E-state index contributed by atoms with van der Waals surface area (Å²) in [5, 5.41) is 1.10. The number of hydrogen-bond donors (Lipinski definition) is 1. The van der Waals surface area contributed by atoms with Crippen LogP contribution >= 0.6 is 23.2 Å². The summed E-state index contributed by atoms with van der Waals surface area (Å²) in [6, 6.07) is 6.00. The predicted octanol–water partition coefficient (Wildman–Crippen LogP) is 3.89. The Hall–Kier alpha value is -1.78. The number of nitrogens with one attached hydrogen (secondary N) is 1. The molecule has 0 spiro atoms. The van der Waals surface area contributed by atoms with Crippen LogP contribution in [0.25, 0.3) is 0 Å². The Morgan fingerprint density at radius 1 is 1.08 bits per heavy atom. The first-order valence-electron chi connectivity index (χ1n) is 12.9. The van der Waals surface area contributed by atoms with Crippen molar-refractivity contribution in [2.45, 2.75) is 64.0 Å². The van der Waals surface area contributed by atoms with E-state index in [4.69, 9.17) is 23.2 Å². The molecule has 2 aliphatic heterocycles. The van der Waals surface area contributed by atoms with Gasteiger partial charge >= 0.3 is 0 Å². The molecule has 0 unspecified atom stereocenters. The molecule has 37 heavy (non-hydrogen) atoms. The Balaban J connectivity index is 1.31. The van der Waals surface area contributed by atoms with E-state index in [0.29, 0.717) is 34.9 Å². The van der Waals surface area contributed by atoms with E-state index in [1.54, 1.807) is 0 Å². The molecule has 1 amide bonds. The maximum Gasteiger partial charge on any atom is 0.272 e. The van der Waals surface area contributed by atoms with Crippen LogP contribution in [0.1, 0.15) is 59.4 Å². The van der Waals surface area contributed by atoms with E-state index < -0.39 is 10.0 Å². The highest BCUT2D eigenvalue weighted by molar-refractivity contribution is 7.88. The van der Waals surface area contributed by atoms with Crippen molar-refractivity contribution in [2.24, 2.45) is 0 Å². The number of benzene rings is 1. The Morgan fingerprint density at radius 2 is 1.84 bits per heavy atom. The molecule has 3 heterocycles. The number of aryl methyl sites for hydroxylation is 2. The smallest absolute Gasteiger partial charge is 0.272 e. The van der Waals surface area contributed by atoms with Crippen molar-refractivity contribution in [3.63, 3.8) is 0 Å². The van der Waals surface area contributed by atoms with Gasteiger partial charge in [-0.2, -0.15) is 0 Å². The van der Waals surface area contributed by atoms with Crippen LogP contribution in [-0.2, 0) is 22.9 Å². The number of amides is 1. The number of likely N-dealkylation sites (tertiary alicyclic amines) is 2. The van der Waals surface area contributed by atoms with Gasteiger partial charge in [-0.25, -0.2) is 23.1 Å². The summed E-state index contributed by atoms with van der Waals surface area (Å²) in [7, 11) is -3.21. The van der Waals surface area contributed by atoms with Gasteiger partial charge in [0.15, 0.2) is 0 Å². The van der Waals surface area contributed by atoms with Gasteiger partial charge in [-0.05, 0) is 76.1 Å². The first-order chi connectivity index (χ1) is 17.6. The number of hydrogen-bond acceptors (Lipinski definition) is 6. The second-order valence-electron chi connectivity index (χ2n) is 10.1. The molecule has 0 saturated carbocycles. The number of carbonyl (C=O) groups excluding carboxylic acids is 1. The summed E-state index contributed by atoms with van der Waals surface area (Å²) in [4.78, 5) is 26.4. The third kappa shape index (κ3) is 7.63. The molecule has 2 aromatic rings. The van der Waals surface area contributed by atoms with Crippen LogP contribution in [0.2, 0.25) is 10.0 Å². The van der Waals surface area contributed by atoms with Crippen LogP contribution < -0.4 is 4.72 Å². The molecule has 1 atom stereocenters. The minimum atomic E-state index is -3.21. The molecule has 1 aromatic heterocycles. The number of sulfonamides is 1. The summed E-state index contributed by atoms with van der Waals surface area (Å²) in [5.74, 6) is -0.0423. The van der Waals surface area contributed by atoms with Crippen molar-refractivity contribution < 1.29 is 13.2 Å². The van der Waals surface area contributed by atoms with Crippen LogP contribution in [0.15, 0.2) is 24.5 Å². The Morgan fingerprint density at radius 3 is 2.54 bits per heavy atom. The molecule has 2 saturated heterocycles. The topological polar surface area (TPSA) is 95.5 Å². The van der Waals surface area contributed by atoms with Gasteiger partial charge in [0, 0.05) is 43.0 Å². The summed E-state index contributed by atoms with van der Waals surface area (Å²) in [6.45, 7) is 4.96. The van der Waals surface area contributed by atoms with E-state index in [0.717, 1.165) is 74.9 Å². The zero-order chi connectivity index (χ0) is 26.6. The second-order valence-corrected chi connectivity index (χ2v) is 12.7. The van der Waals surface area contributed by atoms with Crippen molar-refractivity contribution in [2.75, 3.05) is 32.4 Å². The summed E-state index contributed by atoms with van der Waals surface area (Å²) in [5.41, 5.74) is 3.33. The molecule has 0 radical (unpaired) electrons. The Labute approximate surface area is 229 Å². The van der Waals surface area contributed by atoms with Gasteiger partial charge in [0.1, 0.15) is 12.0 Å². The molecular weight excluding hydrogens is 533 g/mol. The molecule has 2 aliphatic rings. The quantitative estimate of drug-likeness (QED) is 0.520. The van der Waals surface area contributed by atoms with Gasteiger partial charge < -0.3 is 4.90 Å². The third-order valence-corrected chi connectivity index (χ3v) is 8.86. The van der Waals surface area contributed by atoms with Crippen molar-refractivity contribution in [1.82, 2.24) is 24.5 Å². The molecule has 0 aliphatic carbocycles. The lowest BCUT2D eigenvalue weighted by molar-refractivity contribution is 0.0561. The highest BCUT2D eigenvalue weighted by Gasteiger charge is 2.32. The first-order valence-corrected chi connectivity index (χ1v) is 15.5. The van der Waals surface area contributed by atoms with Gasteiger partial charge in [-0.3, -0.25) is 9.69 Å². The van der Waals surface area contributed by atoms with Gasteiger partial charge in [0.2, 0.25) is 10.0 Å². The second kappa shape index (κ2) is 12.4. The van der Waals surface area contributed by atoms with E-state index in [1.807, 2.05) is 30.0 Å². The van der Waals surface area contributed by atoms with Gasteiger partial charge in [0.25, 0.3) is 5.91 Å². The molecule has 1 N–H and O–H groups in total. The number of rotatable bonds is 8. The molecule has 0 bridgehead atoms. The van der Waals surface area contributed by atoms with E-state index in [2.05, 4.69) is 19.6 Å². The van der Waals surface area contributed by atoms with Crippen LogP contribution in [0.3, 0.4) is 0 Å². The van der Waals surface area contributed by atoms with Crippen LogP contribution in [0.4, 0.5) is 0 Å².